The molecule has 1 aromatic heterocycles. The smallest absolute Gasteiger partial charge is 0.271 e. The van der Waals surface area contributed by atoms with Gasteiger partial charge in [-0.05, 0) is 43.4 Å². The Bertz CT molecular complexity index is 862. The molecule has 2 amide bonds. The number of carbonyl (C=O) groups is 2. The number of likely N-dealkylation sites (tertiary alicyclic amines) is 1. The number of nitrogens with zero attached hydrogens (tertiary/aromatic N) is 3. The van der Waals surface area contributed by atoms with Crippen LogP contribution in [0.1, 0.15) is 74.7 Å². The normalized spacial score (nSPS) is 32.1. The molecule has 4 aliphatic rings. The zero-order valence-corrected chi connectivity index (χ0v) is 17.6. The molecule has 7 nitrogen and oxygen atoms in total. The molecule has 3 aliphatic heterocycles. The lowest BCUT2D eigenvalue weighted by Gasteiger charge is -2.57. The van der Waals surface area contributed by atoms with Gasteiger partial charge in [0.2, 0.25) is 5.91 Å². The van der Waals surface area contributed by atoms with Gasteiger partial charge in [0, 0.05) is 31.6 Å². The molecular weight excluding hydrogens is 380 g/mol. The lowest BCUT2D eigenvalue weighted by molar-refractivity contribution is -0.153. The molecule has 0 spiro atoms. The first-order valence-electron chi connectivity index (χ1n) is 11.7. The Morgan fingerprint density at radius 1 is 1.03 bits per heavy atom. The highest BCUT2D eigenvalue weighted by atomic mass is 16.2. The fourth-order valence-corrected chi connectivity index (χ4v) is 6.66. The fraction of sp³-hybridized carbons (Fsp3) is 0.739. The average Bonchev–Trinajstić information content (AvgIpc) is 2.77. The van der Waals surface area contributed by atoms with E-state index in [1.165, 1.54) is 44.5 Å². The Morgan fingerprint density at radius 3 is 2.63 bits per heavy atom. The molecule has 0 radical (unpaired) electrons. The van der Waals surface area contributed by atoms with Crippen LogP contribution in [0.5, 0.6) is 0 Å². The number of rotatable bonds is 3. The van der Waals surface area contributed by atoms with Gasteiger partial charge in [-0.15, -0.1) is 0 Å². The highest BCUT2D eigenvalue weighted by Crippen LogP contribution is 2.44. The maximum absolute atomic E-state index is 13.1. The van der Waals surface area contributed by atoms with Crippen LogP contribution in [0.25, 0.3) is 0 Å². The van der Waals surface area contributed by atoms with Gasteiger partial charge in [-0.3, -0.25) is 19.4 Å². The summed E-state index contributed by atoms with van der Waals surface area (Å²) in [6, 6.07) is 0.519. The molecule has 3 saturated heterocycles. The second-order valence-electron chi connectivity index (χ2n) is 9.84. The third-order valence-corrected chi connectivity index (χ3v) is 7.97. The van der Waals surface area contributed by atoms with Crippen LogP contribution in [0.15, 0.2) is 17.2 Å². The largest absolute Gasteiger partial charge is 0.337 e. The Kier molecular flexibility index (Phi) is 5.37. The van der Waals surface area contributed by atoms with Gasteiger partial charge in [0.25, 0.3) is 11.5 Å². The highest BCUT2D eigenvalue weighted by Gasteiger charge is 2.50. The van der Waals surface area contributed by atoms with Gasteiger partial charge >= 0.3 is 0 Å². The second kappa shape index (κ2) is 8.16. The van der Waals surface area contributed by atoms with E-state index in [0.29, 0.717) is 43.2 Å². The van der Waals surface area contributed by atoms with Crippen molar-refractivity contribution in [1.29, 1.82) is 0 Å². The molecule has 0 unspecified atom stereocenters. The first kappa shape index (κ1) is 19.8. The number of amides is 2. The molecule has 1 N–H and O–H groups in total. The SMILES string of the molecule is O=C(c1cncc(=O)[nH]1)N1C[C@H]2C[C@@H](C1)[C@H](CC1CCCCC1)N1C(=O)CCC[C@@H]21. The number of hydrogen-bond acceptors (Lipinski definition) is 4. The molecule has 2 bridgehead atoms. The molecule has 4 heterocycles. The van der Waals surface area contributed by atoms with Crippen molar-refractivity contribution < 1.29 is 9.59 Å². The minimum atomic E-state index is -0.350. The van der Waals surface area contributed by atoms with Crippen LogP contribution in [-0.4, -0.2) is 56.8 Å². The molecule has 1 aromatic rings. The highest BCUT2D eigenvalue weighted by molar-refractivity contribution is 5.92. The van der Waals surface area contributed by atoms with Crippen LogP contribution in [0.2, 0.25) is 0 Å². The Balaban J connectivity index is 1.40. The monoisotopic (exact) mass is 412 g/mol. The van der Waals surface area contributed by atoms with Crippen LogP contribution in [0, 0.1) is 17.8 Å². The number of aromatic nitrogens is 2. The third kappa shape index (κ3) is 3.67. The summed E-state index contributed by atoms with van der Waals surface area (Å²) in [7, 11) is 0. The lowest BCUT2D eigenvalue weighted by Crippen LogP contribution is -2.65. The van der Waals surface area contributed by atoms with Gasteiger partial charge in [-0.2, -0.15) is 0 Å². The maximum Gasteiger partial charge on any atom is 0.271 e. The first-order chi connectivity index (χ1) is 14.6. The van der Waals surface area contributed by atoms with Crippen LogP contribution in [-0.2, 0) is 4.79 Å². The van der Waals surface area contributed by atoms with E-state index in [9.17, 15) is 14.4 Å². The van der Waals surface area contributed by atoms with E-state index in [1.54, 1.807) is 0 Å². The molecule has 1 saturated carbocycles. The molecule has 0 aromatic carbocycles. The van der Waals surface area contributed by atoms with E-state index in [2.05, 4.69) is 14.9 Å². The number of aromatic amines is 1. The summed E-state index contributed by atoms with van der Waals surface area (Å²) in [4.78, 5) is 48.5. The van der Waals surface area contributed by atoms with Crippen LogP contribution >= 0.6 is 0 Å². The summed E-state index contributed by atoms with van der Waals surface area (Å²) < 4.78 is 0. The van der Waals surface area contributed by atoms with Crippen molar-refractivity contribution in [2.24, 2.45) is 17.8 Å². The fourth-order valence-electron chi connectivity index (χ4n) is 6.66. The molecule has 5 rings (SSSR count). The van der Waals surface area contributed by atoms with Gasteiger partial charge in [-0.1, -0.05) is 32.1 Å². The first-order valence-corrected chi connectivity index (χ1v) is 11.7. The standard InChI is InChI=1S/C23H32N4O3/c28-21-12-24-11-18(25-21)23(30)26-13-16-10-17(14-26)20(9-15-5-2-1-3-6-15)27-19(16)7-4-8-22(27)29/h11-12,15-17,19-20H,1-10,13-14H2,(H,25,28)/t16-,17+,19+,20+/m1/s1. The molecule has 1 aliphatic carbocycles. The minimum Gasteiger partial charge on any atom is -0.337 e. The lowest BCUT2D eigenvalue weighted by atomic mass is 9.69. The number of H-pyrrole nitrogens is 1. The van der Waals surface area contributed by atoms with Crippen molar-refractivity contribution >= 4 is 11.8 Å². The van der Waals surface area contributed by atoms with Crippen molar-refractivity contribution in [3.63, 3.8) is 0 Å². The summed E-state index contributed by atoms with van der Waals surface area (Å²) in [5.74, 6) is 1.57. The zero-order valence-electron chi connectivity index (χ0n) is 17.6. The quantitative estimate of drug-likeness (QED) is 0.827. The Labute approximate surface area is 177 Å². The van der Waals surface area contributed by atoms with Gasteiger partial charge in [0.05, 0.1) is 12.4 Å². The summed E-state index contributed by atoms with van der Waals surface area (Å²) in [6.07, 6.45) is 14.0. The number of carbonyl (C=O) groups excluding carboxylic acids is 2. The maximum atomic E-state index is 13.1. The van der Waals surface area contributed by atoms with Crippen molar-refractivity contribution in [3.8, 4) is 0 Å². The van der Waals surface area contributed by atoms with Crippen LogP contribution in [0.3, 0.4) is 0 Å². The summed E-state index contributed by atoms with van der Waals surface area (Å²) in [5.41, 5.74) is -0.0832. The van der Waals surface area contributed by atoms with Crippen molar-refractivity contribution in [2.45, 2.75) is 76.3 Å². The number of fused-ring (bicyclic) bond motifs is 4. The third-order valence-electron chi connectivity index (χ3n) is 7.97. The molecule has 4 atom stereocenters. The number of nitrogens with one attached hydrogen (secondary N) is 1. The Morgan fingerprint density at radius 2 is 1.83 bits per heavy atom. The molecular formula is C23H32N4O3. The van der Waals surface area contributed by atoms with Gasteiger partial charge in [0.1, 0.15) is 5.69 Å². The number of hydrogen-bond donors (Lipinski definition) is 1. The van der Waals surface area contributed by atoms with E-state index in [0.717, 1.165) is 25.7 Å². The molecule has 30 heavy (non-hydrogen) atoms. The average molecular weight is 413 g/mol. The molecule has 7 heteroatoms. The van der Waals surface area contributed by atoms with Crippen LogP contribution < -0.4 is 5.56 Å². The van der Waals surface area contributed by atoms with E-state index >= 15 is 0 Å². The molecule has 162 valence electrons. The number of piperidine rings is 3. The topological polar surface area (TPSA) is 86.4 Å². The second-order valence-corrected chi connectivity index (χ2v) is 9.84. The van der Waals surface area contributed by atoms with Crippen LogP contribution in [0.4, 0.5) is 0 Å². The predicted octanol–water partition coefficient (Wildman–Crippen LogP) is 2.58. The molecule has 4 fully saturated rings. The Hall–Kier alpha value is -2.18. The van der Waals surface area contributed by atoms with Gasteiger partial charge < -0.3 is 14.8 Å². The van der Waals surface area contributed by atoms with E-state index in [1.807, 2.05) is 4.90 Å². The van der Waals surface area contributed by atoms with E-state index in [4.69, 9.17) is 0 Å². The predicted molar refractivity (Wildman–Crippen MR) is 112 cm³/mol. The summed E-state index contributed by atoms with van der Waals surface area (Å²) >= 11 is 0. The van der Waals surface area contributed by atoms with Gasteiger partial charge in [0.15, 0.2) is 0 Å². The van der Waals surface area contributed by atoms with Crippen molar-refractivity contribution in [2.75, 3.05) is 13.1 Å². The zero-order chi connectivity index (χ0) is 20.7. The van der Waals surface area contributed by atoms with Crippen molar-refractivity contribution in [1.82, 2.24) is 19.8 Å². The van der Waals surface area contributed by atoms with Crippen molar-refractivity contribution in [3.05, 3.63) is 28.4 Å². The summed E-state index contributed by atoms with van der Waals surface area (Å²) in [6.45, 7) is 1.33. The summed E-state index contributed by atoms with van der Waals surface area (Å²) in [5, 5.41) is 0. The van der Waals surface area contributed by atoms with E-state index < -0.39 is 0 Å². The van der Waals surface area contributed by atoms with Gasteiger partial charge in [-0.25, -0.2) is 0 Å². The van der Waals surface area contributed by atoms with E-state index in [-0.39, 0.29) is 29.2 Å². The minimum absolute atomic E-state index is 0.137.